The van der Waals surface area contributed by atoms with Crippen LogP contribution in [0.5, 0.6) is 0 Å². The zero-order valence-corrected chi connectivity index (χ0v) is 10.6. The highest BCUT2D eigenvalue weighted by molar-refractivity contribution is 6.19. The molecule has 1 aliphatic heterocycles. The van der Waals surface area contributed by atoms with Crippen LogP contribution in [-0.2, 0) is 11.3 Å². The summed E-state index contributed by atoms with van der Waals surface area (Å²) in [6, 6.07) is 8.05. The summed E-state index contributed by atoms with van der Waals surface area (Å²) in [7, 11) is 0. The first-order chi connectivity index (χ1) is 9.13. The number of amidine groups is 1. The van der Waals surface area contributed by atoms with Gasteiger partial charge < -0.3 is 0 Å². The van der Waals surface area contributed by atoms with Gasteiger partial charge in [-0.05, 0) is 12.1 Å². The molecule has 1 saturated heterocycles. The number of hydrogen-bond donors (Lipinski definition) is 3. The van der Waals surface area contributed by atoms with E-state index in [1.165, 1.54) is 4.90 Å². The highest BCUT2D eigenvalue weighted by atomic mass is 16.2. The largest absolute Gasteiger partial charge is 0.329 e. The fraction of sp³-hybridized carbons (Fsp3) is 0.308. The number of urea groups is 1. The minimum Gasteiger partial charge on any atom is -0.300 e. The fourth-order valence-corrected chi connectivity index (χ4v) is 1.95. The number of rotatable bonds is 4. The van der Waals surface area contributed by atoms with Crippen LogP contribution in [0.4, 0.5) is 4.79 Å². The summed E-state index contributed by atoms with van der Waals surface area (Å²) in [5.41, 5.74) is 0.909. The third-order valence-electron chi connectivity index (χ3n) is 2.89. The number of carbonyl (C=O) groups is 2. The molecule has 2 rings (SSSR count). The quantitative estimate of drug-likeness (QED) is 0.744. The average Bonchev–Trinajstić information content (AvgIpc) is 2.41. The van der Waals surface area contributed by atoms with Crippen molar-refractivity contribution in [2.45, 2.75) is 19.5 Å². The lowest BCUT2D eigenvalue weighted by Crippen LogP contribution is -2.64. The number of hydrogen-bond acceptors (Lipinski definition) is 4. The van der Waals surface area contributed by atoms with Crippen molar-refractivity contribution in [3.05, 3.63) is 35.9 Å². The fourth-order valence-electron chi connectivity index (χ4n) is 1.95. The molecule has 6 heteroatoms. The molecule has 6 nitrogen and oxygen atoms in total. The maximum atomic E-state index is 11.8. The van der Waals surface area contributed by atoms with Gasteiger partial charge in [0.15, 0.2) is 0 Å². The summed E-state index contributed by atoms with van der Waals surface area (Å²) in [6.07, 6.45) is 0. The second kappa shape index (κ2) is 5.62. The minimum atomic E-state index is -0.772. The van der Waals surface area contributed by atoms with Crippen molar-refractivity contribution in [2.24, 2.45) is 0 Å². The Hall–Kier alpha value is -2.21. The van der Waals surface area contributed by atoms with Gasteiger partial charge in [-0.2, -0.15) is 0 Å². The topological polar surface area (TPSA) is 85.3 Å². The lowest BCUT2D eigenvalue weighted by Gasteiger charge is -2.32. The van der Waals surface area contributed by atoms with Gasteiger partial charge in [-0.3, -0.25) is 25.7 Å². The monoisotopic (exact) mass is 260 g/mol. The maximum absolute atomic E-state index is 11.8. The number of benzene rings is 1. The lowest BCUT2D eigenvalue weighted by molar-refractivity contribution is -0.121. The van der Waals surface area contributed by atoms with Crippen LogP contribution < -0.4 is 10.6 Å². The molecule has 3 N–H and O–H groups in total. The summed E-state index contributed by atoms with van der Waals surface area (Å²) in [5.74, 6) is -0.486. The molecule has 0 bridgehead atoms. The van der Waals surface area contributed by atoms with Crippen LogP contribution in [0.25, 0.3) is 0 Å². The molecule has 1 aromatic carbocycles. The first-order valence-electron chi connectivity index (χ1n) is 6.11. The normalized spacial score (nSPS) is 19.5. The van der Waals surface area contributed by atoms with Gasteiger partial charge in [-0.15, -0.1) is 0 Å². The molecule has 1 fully saturated rings. The van der Waals surface area contributed by atoms with Crippen molar-refractivity contribution < 1.29 is 9.59 Å². The molecule has 1 aromatic rings. The summed E-state index contributed by atoms with van der Waals surface area (Å²) < 4.78 is 0. The van der Waals surface area contributed by atoms with E-state index in [1.807, 2.05) is 37.3 Å². The Morgan fingerprint density at radius 3 is 2.63 bits per heavy atom. The number of amides is 3. The predicted molar refractivity (Wildman–Crippen MR) is 70.7 cm³/mol. The SMILES string of the molecule is CCNC1C(=N)N(Cc2ccccc2)C(=O)NC1=O. The maximum Gasteiger partial charge on any atom is 0.329 e. The van der Waals surface area contributed by atoms with E-state index in [9.17, 15) is 9.59 Å². The van der Waals surface area contributed by atoms with Crippen molar-refractivity contribution in [1.29, 1.82) is 5.41 Å². The Morgan fingerprint density at radius 2 is 2.00 bits per heavy atom. The Balaban J connectivity index is 2.17. The molecule has 1 heterocycles. The minimum absolute atomic E-state index is 0.0144. The summed E-state index contributed by atoms with van der Waals surface area (Å²) in [4.78, 5) is 24.7. The van der Waals surface area contributed by atoms with Gasteiger partial charge in [0.2, 0.25) is 0 Å². The average molecular weight is 260 g/mol. The van der Waals surface area contributed by atoms with Gasteiger partial charge in [0, 0.05) is 0 Å². The molecule has 0 spiro atoms. The molecule has 0 radical (unpaired) electrons. The van der Waals surface area contributed by atoms with E-state index in [4.69, 9.17) is 5.41 Å². The van der Waals surface area contributed by atoms with Crippen LogP contribution in [0.3, 0.4) is 0 Å². The Morgan fingerprint density at radius 1 is 1.32 bits per heavy atom. The lowest BCUT2D eigenvalue weighted by atomic mass is 10.1. The van der Waals surface area contributed by atoms with E-state index in [2.05, 4.69) is 10.6 Å². The Labute approximate surface area is 111 Å². The molecular weight excluding hydrogens is 244 g/mol. The van der Waals surface area contributed by atoms with Crippen LogP contribution in [0.2, 0.25) is 0 Å². The third kappa shape index (κ3) is 2.79. The first-order valence-corrected chi connectivity index (χ1v) is 6.11. The second-order valence-corrected chi connectivity index (χ2v) is 4.24. The second-order valence-electron chi connectivity index (χ2n) is 4.24. The van der Waals surface area contributed by atoms with Gasteiger partial charge in [0.1, 0.15) is 11.9 Å². The Kier molecular flexibility index (Phi) is 3.91. The molecule has 1 unspecified atom stereocenters. The van der Waals surface area contributed by atoms with Crippen LogP contribution in [0.1, 0.15) is 12.5 Å². The van der Waals surface area contributed by atoms with Gasteiger partial charge in [-0.1, -0.05) is 37.3 Å². The van der Waals surface area contributed by atoms with Crippen LogP contribution in [0.15, 0.2) is 30.3 Å². The zero-order chi connectivity index (χ0) is 13.8. The van der Waals surface area contributed by atoms with Crippen LogP contribution >= 0.6 is 0 Å². The molecule has 1 atom stereocenters. The highest BCUT2D eigenvalue weighted by Crippen LogP contribution is 2.10. The standard InChI is InChI=1S/C13H16N4O2/c1-2-15-10-11(14)17(13(19)16-12(10)18)8-9-6-4-3-5-7-9/h3-7,10,14-15H,2,8H2,1H3,(H,16,18,19). The van der Waals surface area contributed by atoms with Crippen molar-refractivity contribution in [2.75, 3.05) is 6.54 Å². The van der Waals surface area contributed by atoms with Crippen molar-refractivity contribution in [1.82, 2.24) is 15.5 Å². The van der Waals surface area contributed by atoms with Crippen molar-refractivity contribution in [3.63, 3.8) is 0 Å². The molecule has 1 aliphatic rings. The molecule has 100 valence electrons. The van der Waals surface area contributed by atoms with E-state index < -0.39 is 18.0 Å². The molecule has 0 saturated carbocycles. The van der Waals surface area contributed by atoms with Gasteiger partial charge in [-0.25, -0.2) is 4.79 Å². The smallest absolute Gasteiger partial charge is 0.300 e. The summed E-state index contributed by atoms with van der Waals surface area (Å²) in [5, 5.41) is 13.1. The van der Waals surface area contributed by atoms with E-state index in [-0.39, 0.29) is 12.4 Å². The molecule has 0 aliphatic carbocycles. The summed E-state index contributed by atoms with van der Waals surface area (Å²) >= 11 is 0. The van der Waals surface area contributed by atoms with Crippen LogP contribution in [-0.4, -0.2) is 35.3 Å². The van der Waals surface area contributed by atoms with E-state index >= 15 is 0 Å². The zero-order valence-electron chi connectivity index (χ0n) is 10.6. The van der Waals surface area contributed by atoms with Crippen LogP contribution in [0, 0.1) is 5.41 Å². The van der Waals surface area contributed by atoms with Gasteiger partial charge >= 0.3 is 6.03 Å². The van der Waals surface area contributed by atoms with Crippen molar-refractivity contribution >= 4 is 17.8 Å². The molecule has 0 aromatic heterocycles. The molecule has 3 amide bonds. The third-order valence-corrected chi connectivity index (χ3v) is 2.89. The Bertz CT molecular complexity index is 501. The van der Waals surface area contributed by atoms with E-state index in [0.29, 0.717) is 6.54 Å². The van der Waals surface area contributed by atoms with Gasteiger partial charge in [0.05, 0.1) is 6.54 Å². The first kappa shape index (κ1) is 13.2. The number of carbonyl (C=O) groups excluding carboxylic acids is 2. The predicted octanol–water partition coefficient (Wildman–Crippen LogP) is 0.694. The molecular formula is C13H16N4O2. The molecule has 19 heavy (non-hydrogen) atoms. The van der Waals surface area contributed by atoms with Gasteiger partial charge in [0.25, 0.3) is 5.91 Å². The number of nitrogens with zero attached hydrogens (tertiary/aromatic N) is 1. The number of nitrogens with one attached hydrogen (secondary N) is 3. The number of imide groups is 1. The van der Waals surface area contributed by atoms with E-state index in [0.717, 1.165) is 5.56 Å². The number of likely N-dealkylation sites (N-methyl/N-ethyl adjacent to an activating group) is 1. The van der Waals surface area contributed by atoms with E-state index in [1.54, 1.807) is 0 Å². The van der Waals surface area contributed by atoms with Crippen molar-refractivity contribution in [3.8, 4) is 0 Å². The highest BCUT2D eigenvalue weighted by Gasteiger charge is 2.36. The summed E-state index contributed by atoms with van der Waals surface area (Å²) in [6.45, 7) is 2.67.